The van der Waals surface area contributed by atoms with Crippen LogP contribution in [-0.2, 0) is 9.53 Å². The minimum atomic E-state index is -5.33. The normalized spacial score (nSPS) is 14.2. The first kappa shape index (κ1) is 17.2. The Bertz CT molecular complexity index is 553. The molecule has 0 aliphatic rings. The number of pyridine rings is 1. The zero-order valence-corrected chi connectivity index (χ0v) is 11.3. The largest absolute Gasteiger partial charge is 0.463 e. The third-order valence-electron chi connectivity index (χ3n) is 2.18. The molecule has 10 heteroatoms. The Kier molecular flexibility index (Phi) is 5.10. The number of aromatic nitrogens is 1. The van der Waals surface area contributed by atoms with Gasteiger partial charge in [0.2, 0.25) is 5.95 Å². The number of carbonyl (C=O) groups is 2. The fourth-order valence-electron chi connectivity index (χ4n) is 1.22. The van der Waals surface area contributed by atoms with Crippen LogP contribution in [-0.4, -0.2) is 34.6 Å². The predicted octanol–water partition coefficient (Wildman–Crippen LogP) is 2.01. The quantitative estimate of drug-likeness (QED) is 0.302. The predicted molar refractivity (Wildman–Crippen MR) is 62.9 cm³/mol. The lowest BCUT2D eigenvalue weighted by atomic mass is 10.2. The van der Waals surface area contributed by atoms with Gasteiger partial charge in [0.15, 0.2) is 0 Å². The molecule has 0 aliphatic heterocycles. The van der Waals surface area contributed by atoms with Crippen molar-refractivity contribution in [3.63, 3.8) is 0 Å². The van der Waals surface area contributed by atoms with E-state index in [1.165, 1.54) is 12.2 Å². The van der Waals surface area contributed by atoms with Crippen molar-refractivity contribution < 1.29 is 31.9 Å². The monoisotopic (exact) mass is 328 g/mol. The zero-order valence-electron chi connectivity index (χ0n) is 10.5. The molecule has 1 aromatic rings. The fourth-order valence-corrected chi connectivity index (χ4v) is 1.36. The van der Waals surface area contributed by atoms with Gasteiger partial charge in [-0.15, -0.1) is 0 Å². The summed E-state index contributed by atoms with van der Waals surface area (Å²) in [5.74, 6) is -4.45. The van der Waals surface area contributed by atoms with E-state index < -0.39 is 34.7 Å². The van der Waals surface area contributed by atoms with Gasteiger partial charge >= 0.3 is 17.1 Å². The Morgan fingerprint density at radius 3 is 2.48 bits per heavy atom. The van der Waals surface area contributed by atoms with E-state index in [2.05, 4.69) is 9.72 Å². The van der Waals surface area contributed by atoms with Crippen LogP contribution >= 0.6 is 11.6 Å². The van der Waals surface area contributed by atoms with Gasteiger partial charge in [-0.25, -0.2) is 9.78 Å². The van der Waals surface area contributed by atoms with E-state index in [4.69, 9.17) is 11.6 Å². The minimum Gasteiger partial charge on any atom is -0.463 e. The number of carbonyl (C=O) groups excluding carboxylic acids is 2. The number of hydrogen-bond donors (Lipinski definition) is 1. The van der Waals surface area contributed by atoms with E-state index in [-0.39, 0.29) is 6.61 Å². The Morgan fingerprint density at radius 1 is 1.38 bits per heavy atom. The van der Waals surface area contributed by atoms with Crippen LogP contribution in [0.1, 0.15) is 17.4 Å². The number of halogens is 5. The topological polar surface area (TPSA) is 68.3 Å². The number of rotatable bonds is 4. The Morgan fingerprint density at radius 2 is 2.00 bits per heavy atom. The third-order valence-corrected chi connectivity index (χ3v) is 2.64. The number of amides is 1. The standard InChI is InChI=1S/C11H9ClF4N2O3/c1-2-21-9(20)10(12,11(14,15)16)18-8(19)6-4-3-5-7(13)17-6/h3-5H,2H2,1H3,(H,18,19). The van der Waals surface area contributed by atoms with E-state index >= 15 is 0 Å². The molecule has 1 amide bonds. The second-order valence-corrected chi connectivity index (χ2v) is 4.24. The third kappa shape index (κ3) is 3.81. The highest BCUT2D eigenvalue weighted by atomic mass is 35.5. The van der Waals surface area contributed by atoms with E-state index in [1.807, 2.05) is 0 Å². The molecular formula is C11H9ClF4N2O3. The molecule has 0 fully saturated rings. The summed E-state index contributed by atoms with van der Waals surface area (Å²) in [5.41, 5.74) is -0.673. The first-order chi connectivity index (χ1) is 9.61. The molecule has 0 spiro atoms. The molecule has 5 nitrogen and oxygen atoms in total. The average molecular weight is 329 g/mol. The van der Waals surface area contributed by atoms with Crippen molar-refractivity contribution in [3.8, 4) is 0 Å². The molecule has 21 heavy (non-hydrogen) atoms. The molecule has 1 rings (SSSR count). The summed E-state index contributed by atoms with van der Waals surface area (Å²) in [5, 5.41) is 1.26. The van der Waals surface area contributed by atoms with E-state index in [1.54, 1.807) is 0 Å². The van der Waals surface area contributed by atoms with Crippen LogP contribution in [0.2, 0.25) is 0 Å². The molecule has 1 N–H and O–H groups in total. The highest BCUT2D eigenvalue weighted by Crippen LogP contribution is 2.35. The lowest BCUT2D eigenvalue weighted by Gasteiger charge is -2.27. The summed E-state index contributed by atoms with van der Waals surface area (Å²) in [7, 11) is 0. The zero-order chi connectivity index (χ0) is 16.3. The molecule has 0 saturated heterocycles. The summed E-state index contributed by atoms with van der Waals surface area (Å²) in [4.78, 5) is 22.3. The molecule has 1 unspecified atom stereocenters. The Balaban J connectivity index is 3.08. The molecule has 0 bridgehead atoms. The average Bonchev–Trinajstić information content (AvgIpc) is 2.37. The Hall–Kier alpha value is -1.90. The van der Waals surface area contributed by atoms with Crippen molar-refractivity contribution >= 4 is 23.5 Å². The van der Waals surface area contributed by atoms with E-state index in [0.29, 0.717) is 0 Å². The maximum atomic E-state index is 12.9. The second-order valence-electron chi connectivity index (χ2n) is 3.68. The van der Waals surface area contributed by atoms with Crippen molar-refractivity contribution in [1.82, 2.24) is 10.3 Å². The summed E-state index contributed by atoms with van der Waals surface area (Å²) in [6.45, 7) is 0.888. The maximum Gasteiger partial charge on any atom is 0.437 e. The van der Waals surface area contributed by atoms with Crippen molar-refractivity contribution in [2.75, 3.05) is 6.61 Å². The number of nitrogens with zero attached hydrogens (tertiary/aromatic N) is 1. The lowest BCUT2D eigenvalue weighted by molar-refractivity contribution is -0.192. The number of esters is 1. The van der Waals surface area contributed by atoms with Gasteiger partial charge in [-0.1, -0.05) is 17.7 Å². The second kappa shape index (κ2) is 6.25. The summed E-state index contributed by atoms with van der Waals surface area (Å²) in [6, 6.07) is 2.90. The van der Waals surface area contributed by atoms with Gasteiger partial charge < -0.3 is 10.1 Å². The highest BCUT2D eigenvalue weighted by molar-refractivity contribution is 6.35. The molecule has 1 atom stereocenters. The molecule has 0 aromatic carbocycles. The van der Waals surface area contributed by atoms with Crippen molar-refractivity contribution in [2.45, 2.75) is 18.1 Å². The SMILES string of the molecule is CCOC(=O)C(Cl)(NC(=O)c1cccc(F)n1)C(F)(F)F. The van der Waals surface area contributed by atoms with Crippen LogP contribution in [0.3, 0.4) is 0 Å². The minimum absolute atomic E-state index is 0.378. The summed E-state index contributed by atoms with van der Waals surface area (Å²) >= 11 is 5.18. The number of alkyl halides is 4. The highest BCUT2D eigenvalue weighted by Gasteiger charge is 2.62. The van der Waals surface area contributed by atoms with Gasteiger partial charge in [0.1, 0.15) is 5.69 Å². The molecule has 1 heterocycles. The number of nitrogens with one attached hydrogen (secondary N) is 1. The van der Waals surface area contributed by atoms with Crippen LogP contribution in [0.15, 0.2) is 18.2 Å². The van der Waals surface area contributed by atoms with E-state index in [0.717, 1.165) is 18.2 Å². The van der Waals surface area contributed by atoms with Crippen molar-refractivity contribution in [2.24, 2.45) is 0 Å². The van der Waals surface area contributed by atoms with Crippen LogP contribution < -0.4 is 5.32 Å². The van der Waals surface area contributed by atoms with E-state index in [9.17, 15) is 27.2 Å². The van der Waals surface area contributed by atoms with Gasteiger partial charge in [-0.2, -0.15) is 17.6 Å². The summed E-state index contributed by atoms with van der Waals surface area (Å²) in [6.07, 6.45) is -5.33. The first-order valence-corrected chi connectivity index (χ1v) is 5.87. The van der Waals surface area contributed by atoms with Gasteiger partial charge in [-0.3, -0.25) is 4.79 Å². The van der Waals surface area contributed by atoms with Gasteiger partial charge in [0.25, 0.3) is 5.91 Å². The Labute approximate surface area is 121 Å². The van der Waals surface area contributed by atoms with Gasteiger partial charge in [-0.05, 0) is 19.1 Å². The van der Waals surface area contributed by atoms with Crippen LogP contribution in [0.5, 0.6) is 0 Å². The fraction of sp³-hybridized carbons (Fsp3) is 0.364. The van der Waals surface area contributed by atoms with Crippen LogP contribution in [0.25, 0.3) is 0 Å². The first-order valence-electron chi connectivity index (χ1n) is 5.49. The number of ether oxygens (including phenoxy) is 1. The number of hydrogen-bond acceptors (Lipinski definition) is 4. The molecular weight excluding hydrogens is 320 g/mol. The lowest BCUT2D eigenvalue weighted by Crippen LogP contribution is -2.60. The molecule has 1 aromatic heterocycles. The van der Waals surface area contributed by atoms with Gasteiger partial charge in [0, 0.05) is 0 Å². The molecule has 0 aliphatic carbocycles. The smallest absolute Gasteiger partial charge is 0.437 e. The summed E-state index contributed by atoms with van der Waals surface area (Å²) < 4.78 is 55.7. The maximum absolute atomic E-state index is 12.9. The van der Waals surface area contributed by atoms with Crippen LogP contribution in [0, 0.1) is 5.95 Å². The van der Waals surface area contributed by atoms with Crippen molar-refractivity contribution in [1.29, 1.82) is 0 Å². The molecule has 0 radical (unpaired) electrons. The molecule has 116 valence electrons. The molecule has 0 saturated carbocycles. The van der Waals surface area contributed by atoms with Gasteiger partial charge in [0.05, 0.1) is 6.61 Å². The van der Waals surface area contributed by atoms with Crippen LogP contribution in [0.4, 0.5) is 17.6 Å². The van der Waals surface area contributed by atoms with Crippen molar-refractivity contribution in [3.05, 3.63) is 29.8 Å².